The van der Waals surface area contributed by atoms with Crippen molar-refractivity contribution >= 4 is 18.7 Å². The predicted octanol–water partition coefficient (Wildman–Crippen LogP) is -1.57. The zero-order valence-electron chi connectivity index (χ0n) is 7.10. The van der Waals surface area contributed by atoms with Crippen LogP contribution in [0.5, 0.6) is 0 Å². The molecule has 0 radical (unpaired) electrons. The molecule has 1 aliphatic heterocycles. The molecule has 1 saturated heterocycles. The van der Waals surface area contributed by atoms with Crippen molar-refractivity contribution in [2.24, 2.45) is 0 Å². The first-order chi connectivity index (χ1) is 5.08. The molecule has 1 aliphatic rings. The van der Waals surface area contributed by atoms with E-state index in [0.29, 0.717) is 13.1 Å². The number of halogens is 3. The van der Waals surface area contributed by atoms with E-state index in [-0.39, 0.29) is 51.4 Å². The van der Waals surface area contributed by atoms with E-state index in [1.54, 1.807) is 11.8 Å². The molecular formula is C5H10BF3KNS. The molecule has 0 aliphatic carbocycles. The summed E-state index contributed by atoms with van der Waals surface area (Å²) in [6, 6.07) is 0. The summed E-state index contributed by atoms with van der Waals surface area (Å²) in [7, 11) is 0. The van der Waals surface area contributed by atoms with E-state index in [1.165, 1.54) is 4.90 Å². The van der Waals surface area contributed by atoms with E-state index in [9.17, 15) is 12.9 Å². The third kappa shape index (κ3) is 6.28. The fourth-order valence-corrected chi connectivity index (χ4v) is 2.06. The predicted molar refractivity (Wildman–Crippen MR) is 42.8 cm³/mol. The zero-order valence-corrected chi connectivity index (χ0v) is 11.0. The van der Waals surface area contributed by atoms with Gasteiger partial charge in [0.2, 0.25) is 0 Å². The molecule has 0 atom stereocenters. The van der Waals surface area contributed by atoms with E-state index in [2.05, 4.69) is 0 Å². The van der Waals surface area contributed by atoms with E-state index in [1.807, 2.05) is 0 Å². The van der Waals surface area contributed by atoms with Crippen LogP contribution in [0.25, 0.3) is 0 Å². The van der Waals surface area contributed by atoms with Crippen molar-refractivity contribution in [3.8, 4) is 0 Å². The Morgan fingerprint density at radius 3 is 2.08 bits per heavy atom. The number of hydrogen-bond acceptors (Lipinski definition) is 2. The molecular weight excluding hydrogens is 213 g/mol. The molecule has 0 spiro atoms. The molecule has 66 valence electrons. The Bertz CT molecular complexity index is 128. The number of nitrogens with zero attached hydrogens (tertiary/aromatic N) is 1. The summed E-state index contributed by atoms with van der Waals surface area (Å²) >= 11 is 1.72. The third-order valence-corrected chi connectivity index (χ3v) is 2.51. The smallest absolute Gasteiger partial charge is 0.448 e. The van der Waals surface area contributed by atoms with Gasteiger partial charge in [0.25, 0.3) is 0 Å². The van der Waals surface area contributed by atoms with Gasteiger partial charge < -0.3 is 17.8 Å². The molecule has 12 heavy (non-hydrogen) atoms. The molecule has 0 aromatic carbocycles. The molecule has 0 bridgehead atoms. The Morgan fingerprint density at radius 1 is 1.17 bits per heavy atom. The molecule has 0 amide bonds. The van der Waals surface area contributed by atoms with Crippen LogP contribution in [0.1, 0.15) is 0 Å². The van der Waals surface area contributed by atoms with Crippen molar-refractivity contribution in [1.29, 1.82) is 0 Å². The zero-order chi connectivity index (χ0) is 8.32. The molecule has 0 unspecified atom stereocenters. The van der Waals surface area contributed by atoms with Crippen molar-refractivity contribution in [2.45, 2.75) is 0 Å². The van der Waals surface area contributed by atoms with Gasteiger partial charge in [-0.05, 0) is 6.44 Å². The molecule has 0 aromatic heterocycles. The maximum absolute atomic E-state index is 11.9. The molecule has 1 fully saturated rings. The van der Waals surface area contributed by atoms with Crippen LogP contribution >= 0.6 is 11.8 Å². The minimum absolute atomic E-state index is 0. The van der Waals surface area contributed by atoms with Gasteiger partial charge in [0.15, 0.2) is 0 Å². The second kappa shape index (κ2) is 6.32. The van der Waals surface area contributed by atoms with Crippen LogP contribution in [0, 0.1) is 0 Å². The summed E-state index contributed by atoms with van der Waals surface area (Å²) in [5, 5.41) is 0. The summed E-state index contributed by atoms with van der Waals surface area (Å²) < 4.78 is 35.6. The van der Waals surface area contributed by atoms with Crippen LogP contribution in [-0.2, 0) is 0 Å². The summed E-state index contributed by atoms with van der Waals surface area (Å²) in [6.07, 6.45) is -0.680. The minimum Gasteiger partial charge on any atom is -0.448 e. The first-order valence-corrected chi connectivity index (χ1v) is 4.74. The van der Waals surface area contributed by atoms with Crippen molar-refractivity contribution in [1.82, 2.24) is 4.90 Å². The van der Waals surface area contributed by atoms with Gasteiger partial charge in [-0.15, -0.1) is 0 Å². The molecule has 1 rings (SSSR count). The Balaban J connectivity index is 0.00000121. The van der Waals surface area contributed by atoms with Gasteiger partial charge in [-0.1, -0.05) is 0 Å². The normalized spacial score (nSPS) is 20.2. The molecule has 0 aromatic rings. The summed E-state index contributed by atoms with van der Waals surface area (Å²) in [4.78, 5) is 1.48. The van der Waals surface area contributed by atoms with Gasteiger partial charge in [-0.3, -0.25) is 0 Å². The maximum Gasteiger partial charge on any atom is 1.00 e. The van der Waals surface area contributed by atoms with Crippen molar-refractivity contribution in [3.05, 3.63) is 0 Å². The first kappa shape index (κ1) is 13.8. The Labute approximate surface area is 117 Å². The Morgan fingerprint density at radius 2 is 1.67 bits per heavy atom. The minimum atomic E-state index is -4.61. The third-order valence-electron chi connectivity index (χ3n) is 1.57. The summed E-state index contributed by atoms with van der Waals surface area (Å²) in [6.45, 7) is -3.43. The fourth-order valence-electron chi connectivity index (χ4n) is 1.08. The molecule has 1 heterocycles. The number of hydrogen-bond donors (Lipinski definition) is 0. The van der Waals surface area contributed by atoms with Gasteiger partial charge in [-0.2, -0.15) is 11.8 Å². The van der Waals surface area contributed by atoms with Gasteiger partial charge in [-0.25, -0.2) is 0 Å². The fraction of sp³-hybridized carbons (Fsp3) is 1.00. The second-order valence-electron chi connectivity index (χ2n) is 2.62. The second-order valence-corrected chi connectivity index (χ2v) is 3.85. The van der Waals surface area contributed by atoms with Gasteiger partial charge in [0.1, 0.15) is 0 Å². The van der Waals surface area contributed by atoms with Crippen LogP contribution < -0.4 is 51.4 Å². The SMILES string of the molecule is F[B-](F)(F)CN1CCSCC1.[K+]. The van der Waals surface area contributed by atoms with Crippen molar-refractivity contribution < 1.29 is 64.3 Å². The molecule has 1 nitrogen and oxygen atoms in total. The molecule has 0 saturated carbocycles. The van der Waals surface area contributed by atoms with Crippen LogP contribution in [0.15, 0.2) is 0 Å². The largest absolute Gasteiger partial charge is 1.00 e. The van der Waals surface area contributed by atoms with Crippen molar-refractivity contribution in [2.75, 3.05) is 31.0 Å². The molecule has 7 heteroatoms. The summed E-state index contributed by atoms with van der Waals surface area (Å²) in [5.74, 6) is 1.68. The monoisotopic (exact) mass is 223 g/mol. The average molecular weight is 223 g/mol. The summed E-state index contributed by atoms with van der Waals surface area (Å²) in [5.41, 5.74) is 0. The Kier molecular flexibility index (Phi) is 7.26. The number of thioether (sulfide) groups is 1. The quantitative estimate of drug-likeness (QED) is 0.520. The average Bonchev–Trinajstić information content (AvgIpc) is 1.85. The van der Waals surface area contributed by atoms with E-state index in [0.717, 1.165) is 11.5 Å². The standard InChI is InChI=1S/C5H10BF3NS.K/c7-6(8,9)5-10-1-3-11-4-2-10;/h1-5H2;/q-1;+1. The van der Waals surface area contributed by atoms with Crippen LogP contribution in [0.4, 0.5) is 12.9 Å². The van der Waals surface area contributed by atoms with Gasteiger partial charge in [0.05, 0.1) is 0 Å². The number of rotatable bonds is 2. The van der Waals surface area contributed by atoms with E-state index in [4.69, 9.17) is 0 Å². The first-order valence-electron chi connectivity index (χ1n) is 3.59. The van der Waals surface area contributed by atoms with Crippen LogP contribution in [0.3, 0.4) is 0 Å². The molecule has 0 N–H and O–H groups in total. The van der Waals surface area contributed by atoms with Crippen LogP contribution in [0.2, 0.25) is 0 Å². The van der Waals surface area contributed by atoms with Crippen LogP contribution in [-0.4, -0.2) is 42.9 Å². The topological polar surface area (TPSA) is 3.24 Å². The van der Waals surface area contributed by atoms with E-state index >= 15 is 0 Å². The van der Waals surface area contributed by atoms with E-state index < -0.39 is 13.4 Å². The van der Waals surface area contributed by atoms with Gasteiger partial charge in [0, 0.05) is 24.6 Å². The van der Waals surface area contributed by atoms with Gasteiger partial charge >= 0.3 is 58.4 Å². The maximum atomic E-state index is 11.9. The Hall–Kier alpha value is 1.80. The van der Waals surface area contributed by atoms with Crippen molar-refractivity contribution in [3.63, 3.8) is 0 Å².